The van der Waals surface area contributed by atoms with E-state index in [0.717, 1.165) is 41.1 Å². The lowest BCUT2D eigenvalue weighted by molar-refractivity contribution is -0.381. The largest absolute Gasteiger partial charge is 0.309 e. The lowest BCUT2D eigenvalue weighted by atomic mass is 9.79. The Hall–Kier alpha value is -6.25. The quantitative estimate of drug-likeness (QED) is 0.0851. The van der Waals surface area contributed by atoms with E-state index < -0.39 is 0 Å². The molecule has 0 N–H and O–H groups in total. The molecule has 0 saturated carbocycles. The fourth-order valence-corrected chi connectivity index (χ4v) is 8.29. The second kappa shape index (κ2) is 16.0. The van der Waals surface area contributed by atoms with E-state index in [4.69, 9.17) is 0 Å². The van der Waals surface area contributed by atoms with E-state index in [2.05, 4.69) is 202 Å². The summed E-state index contributed by atoms with van der Waals surface area (Å²) in [5.41, 5.74) is 18.6. The number of rotatable bonds is 11. The molecular formula is C53H51N2+. The molecule has 55 heavy (non-hydrogen) atoms. The summed E-state index contributed by atoms with van der Waals surface area (Å²) in [4.78, 5) is 2.27. The number of anilines is 1. The van der Waals surface area contributed by atoms with Gasteiger partial charge in [0.25, 0.3) is 0 Å². The molecule has 0 unspecified atom stereocenters. The molecule has 4 aromatic carbocycles. The van der Waals surface area contributed by atoms with Crippen LogP contribution in [0.5, 0.6) is 0 Å². The molecule has 2 aliphatic carbocycles. The van der Waals surface area contributed by atoms with E-state index in [1.165, 1.54) is 55.9 Å². The summed E-state index contributed by atoms with van der Waals surface area (Å²) in [5, 5.41) is 0. The second-order valence-corrected chi connectivity index (χ2v) is 14.8. The van der Waals surface area contributed by atoms with Crippen molar-refractivity contribution in [3.8, 4) is 11.1 Å². The maximum Gasteiger partial charge on any atom is 0.213 e. The minimum atomic E-state index is -0.0280. The van der Waals surface area contributed by atoms with Gasteiger partial charge in [-0.3, -0.25) is 0 Å². The SMILES string of the molecule is C=C/C=C(\C=C1\C(/C=C\C)=C(C=C)N1c1ccccc1)c1cccc(-c2ccc([N+](=C/C=C\C=C/C)C3=CC4=C(CC3)c3ccccc3C4(C)C)c(C)c2)c1. The van der Waals surface area contributed by atoms with Gasteiger partial charge in [0.2, 0.25) is 5.69 Å². The predicted octanol–water partition coefficient (Wildman–Crippen LogP) is 13.9. The van der Waals surface area contributed by atoms with Crippen LogP contribution < -0.4 is 4.90 Å². The normalized spacial score (nSPS) is 17.7. The van der Waals surface area contributed by atoms with Gasteiger partial charge in [-0.1, -0.05) is 130 Å². The van der Waals surface area contributed by atoms with E-state index >= 15 is 0 Å². The Kier molecular flexibility index (Phi) is 10.8. The molecule has 0 saturated heterocycles. The number of para-hydroxylation sites is 1. The molecular weight excluding hydrogens is 665 g/mol. The van der Waals surface area contributed by atoms with Crippen molar-refractivity contribution < 1.29 is 4.58 Å². The zero-order valence-electron chi connectivity index (χ0n) is 32.9. The fourth-order valence-electron chi connectivity index (χ4n) is 8.29. The third-order valence-corrected chi connectivity index (χ3v) is 11.0. The highest BCUT2D eigenvalue weighted by Gasteiger charge is 2.39. The van der Waals surface area contributed by atoms with Crippen molar-refractivity contribution in [1.82, 2.24) is 0 Å². The third kappa shape index (κ3) is 7.09. The summed E-state index contributed by atoms with van der Waals surface area (Å²) in [6.07, 6.45) is 27.5. The van der Waals surface area contributed by atoms with Crippen molar-refractivity contribution in [2.24, 2.45) is 0 Å². The minimum absolute atomic E-state index is 0.0280. The zero-order chi connectivity index (χ0) is 38.5. The molecule has 0 spiro atoms. The maximum atomic E-state index is 4.14. The summed E-state index contributed by atoms with van der Waals surface area (Å²) in [5.74, 6) is 0. The minimum Gasteiger partial charge on any atom is -0.309 e. The van der Waals surface area contributed by atoms with Crippen LogP contribution in [0.1, 0.15) is 62.8 Å². The van der Waals surface area contributed by atoms with Crippen molar-refractivity contribution >= 4 is 28.7 Å². The average molecular weight is 716 g/mol. The van der Waals surface area contributed by atoms with Crippen LogP contribution in [-0.4, -0.2) is 10.8 Å². The molecule has 0 amide bonds. The summed E-state index contributed by atoms with van der Waals surface area (Å²) in [6.45, 7) is 19.3. The van der Waals surface area contributed by atoms with E-state index in [0.29, 0.717) is 0 Å². The highest BCUT2D eigenvalue weighted by molar-refractivity contribution is 5.86. The van der Waals surface area contributed by atoms with Gasteiger partial charge < -0.3 is 4.90 Å². The topological polar surface area (TPSA) is 6.25 Å². The van der Waals surface area contributed by atoms with E-state index in [9.17, 15) is 0 Å². The highest BCUT2D eigenvalue weighted by atomic mass is 15.2. The van der Waals surface area contributed by atoms with Gasteiger partial charge in [0.15, 0.2) is 11.9 Å². The van der Waals surface area contributed by atoms with Crippen molar-refractivity contribution in [3.05, 3.63) is 228 Å². The fraction of sp³-hybridized carbons (Fsp3) is 0.151. The van der Waals surface area contributed by atoms with Gasteiger partial charge in [-0.05, 0) is 114 Å². The van der Waals surface area contributed by atoms with Crippen LogP contribution in [0.25, 0.3) is 22.3 Å². The number of fused-ring (bicyclic) bond motifs is 2. The number of hydrogen-bond acceptors (Lipinski definition) is 1. The Morgan fingerprint density at radius 2 is 1.58 bits per heavy atom. The van der Waals surface area contributed by atoms with Gasteiger partial charge in [0, 0.05) is 46.9 Å². The van der Waals surface area contributed by atoms with E-state index in [1.54, 1.807) is 0 Å². The van der Waals surface area contributed by atoms with Gasteiger partial charge in [0.05, 0.1) is 11.4 Å². The Labute approximate surface area is 328 Å². The molecule has 0 fully saturated rings. The third-order valence-electron chi connectivity index (χ3n) is 11.0. The van der Waals surface area contributed by atoms with Gasteiger partial charge in [0.1, 0.15) is 0 Å². The van der Waals surface area contributed by atoms with Gasteiger partial charge in [-0.15, -0.1) is 0 Å². The molecule has 7 rings (SSSR count). The summed E-state index contributed by atoms with van der Waals surface area (Å²) in [6, 6.07) is 35.2. The molecule has 3 aliphatic rings. The first-order valence-electron chi connectivity index (χ1n) is 19.4. The predicted molar refractivity (Wildman–Crippen MR) is 237 cm³/mol. The Morgan fingerprint density at radius 1 is 0.800 bits per heavy atom. The first kappa shape index (κ1) is 37.1. The lowest BCUT2D eigenvalue weighted by Crippen LogP contribution is -2.32. The Bertz CT molecular complexity index is 2450. The van der Waals surface area contributed by atoms with Crippen LogP contribution in [0.4, 0.5) is 11.4 Å². The Morgan fingerprint density at radius 3 is 2.33 bits per heavy atom. The number of nitrogens with zero attached hydrogens (tertiary/aromatic N) is 2. The van der Waals surface area contributed by atoms with Crippen LogP contribution in [0.3, 0.4) is 0 Å². The smallest absolute Gasteiger partial charge is 0.213 e. The summed E-state index contributed by atoms with van der Waals surface area (Å²) < 4.78 is 2.40. The second-order valence-electron chi connectivity index (χ2n) is 14.8. The van der Waals surface area contributed by atoms with Crippen molar-refractivity contribution in [1.29, 1.82) is 0 Å². The molecule has 0 aromatic heterocycles. The zero-order valence-corrected chi connectivity index (χ0v) is 32.9. The molecule has 0 radical (unpaired) electrons. The summed E-state index contributed by atoms with van der Waals surface area (Å²) in [7, 11) is 0. The summed E-state index contributed by atoms with van der Waals surface area (Å²) >= 11 is 0. The van der Waals surface area contributed by atoms with E-state index in [-0.39, 0.29) is 5.41 Å². The van der Waals surface area contributed by atoms with Gasteiger partial charge in [-0.2, -0.15) is 4.58 Å². The van der Waals surface area contributed by atoms with Crippen LogP contribution in [0, 0.1) is 6.92 Å². The Balaban J connectivity index is 1.25. The molecule has 4 aromatic rings. The number of allylic oxidation sites excluding steroid dienone is 15. The van der Waals surface area contributed by atoms with Gasteiger partial charge in [-0.25, -0.2) is 0 Å². The molecule has 2 nitrogen and oxygen atoms in total. The monoisotopic (exact) mass is 715 g/mol. The number of aryl methyl sites for hydroxylation is 1. The van der Waals surface area contributed by atoms with Crippen molar-refractivity contribution in [3.63, 3.8) is 0 Å². The molecule has 0 atom stereocenters. The van der Waals surface area contributed by atoms with Crippen LogP contribution >= 0.6 is 0 Å². The number of hydrogen-bond donors (Lipinski definition) is 0. The highest BCUT2D eigenvalue weighted by Crippen LogP contribution is 2.51. The van der Waals surface area contributed by atoms with Crippen LogP contribution in [0.2, 0.25) is 0 Å². The maximum absolute atomic E-state index is 4.14. The standard InChI is InChI=1S/C53H51N2/c1-8-12-13-19-33-54(44-30-31-46-45-27-17-18-28-48(45)53(6,7)49(46)37-44)51-32-29-42(34-38(51)5)41-24-20-23-40(35-41)39(21-9-2)36-52-47(22-10-3)50(11-4)55(52)43-25-15-14-16-26-43/h8-29,32-37H,2,4,30-31H2,1,3,5-7H3/q+1/b12-8-,19-13-,22-10-,39-21+,52-36-,54-33?. The molecule has 0 bridgehead atoms. The van der Waals surface area contributed by atoms with Crippen molar-refractivity contribution in [2.45, 2.75) is 52.9 Å². The van der Waals surface area contributed by atoms with Crippen molar-refractivity contribution in [2.75, 3.05) is 4.90 Å². The lowest BCUT2D eigenvalue weighted by Gasteiger charge is -2.39. The molecule has 272 valence electrons. The molecule has 1 aliphatic heterocycles. The van der Waals surface area contributed by atoms with Gasteiger partial charge >= 0.3 is 0 Å². The van der Waals surface area contributed by atoms with Crippen LogP contribution in [-0.2, 0) is 5.41 Å². The number of benzene rings is 4. The van der Waals surface area contributed by atoms with E-state index in [1.807, 2.05) is 25.1 Å². The average Bonchev–Trinajstić information content (AvgIpc) is 3.43. The molecule has 2 heteroatoms. The van der Waals surface area contributed by atoms with Crippen LogP contribution in [0.15, 0.2) is 205 Å². The first-order chi connectivity index (χ1) is 26.8. The molecule has 1 heterocycles. The first-order valence-corrected chi connectivity index (χ1v) is 19.4.